The van der Waals surface area contributed by atoms with Crippen LogP contribution in [-0.4, -0.2) is 25.2 Å². The van der Waals surface area contributed by atoms with Gasteiger partial charge in [0.1, 0.15) is 5.82 Å². The summed E-state index contributed by atoms with van der Waals surface area (Å²) in [5, 5.41) is 2.74. The number of ether oxygens (including phenoxy) is 1. The van der Waals surface area contributed by atoms with Crippen molar-refractivity contribution in [1.82, 2.24) is 0 Å². The highest BCUT2D eigenvalue weighted by molar-refractivity contribution is 5.92. The lowest BCUT2D eigenvalue weighted by atomic mass is 10.1. The van der Waals surface area contributed by atoms with Gasteiger partial charge in [-0.1, -0.05) is 11.8 Å². The van der Waals surface area contributed by atoms with E-state index in [1.807, 2.05) is 0 Å². The van der Waals surface area contributed by atoms with E-state index in [-0.39, 0.29) is 18.6 Å². The van der Waals surface area contributed by atoms with Gasteiger partial charge in [0.05, 0.1) is 30.3 Å². The number of amides is 1. The number of carbonyl (C=O) groups is 1. The highest BCUT2D eigenvalue weighted by Crippen LogP contribution is 2.19. The Morgan fingerprint density at radius 3 is 3.10 bits per heavy atom. The first-order valence-corrected chi connectivity index (χ1v) is 6.59. The van der Waals surface area contributed by atoms with Crippen LogP contribution in [0, 0.1) is 17.7 Å². The van der Waals surface area contributed by atoms with Crippen LogP contribution in [0.2, 0.25) is 0 Å². The molecule has 20 heavy (non-hydrogen) atoms. The van der Waals surface area contributed by atoms with Crippen LogP contribution in [0.1, 0.15) is 24.8 Å². The summed E-state index contributed by atoms with van der Waals surface area (Å²) >= 11 is 0. The lowest BCUT2D eigenvalue weighted by Gasteiger charge is -2.11. The van der Waals surface area contributed by atoms with E-state index in [2.05, 4.69) is 17.2 Å². The van der Waals surface area contributed by atoms with Gasteiger partial charge in [0.15, 0.2) is 0 Å². The second-order valence-corrected chi connectivity index (χ2v) is 4.58. The van der Waals surface area contributed by atoms with Gasteiger partial charge in [-0.25, -0.2) is 4.39 Å². The van der Waals surface area contributed by atoms with E-state index in [4.69, 9.17) is 10.5 Å². The predicted molar refractivity (Wildman–Crippen MR) is 74.6 cm³/mol. The molecule has 1 aliphatic rings. The maximum absolute atomic E-state index is 13.2. The van der Waals surface area contributed by atoms with Crippen molar-refractivity contribution in [3.8, 4) is 11.8 Å². The fourth-order valence-electron chi connectivity index (χ4n) is 2.09. The van der Waals surface area contributed by atoms with Gasteiger partial charge in [-0.3, -0.25) is 4.79 Å². The Morgan fingerprint density at radius 2 is 2.40 bits per heavy atom. The van der Waals surface area contributed by atoms with Gasteiger partial charge in [0.25, 0.3) is 0 Å². The van der Waals surface area contributed by atoms with E-state index in [0.29, 0.717) is 24.3 Å². The summed E-state index contributed by atoms with van der Waals surface area (Å²) in [6, 6.07) is 4.07. The van der Waals surface area contributed by atoms with Crippen molar-refractivity contribution in [1.29, 1.82) is 0 Å². The SMILES string of the molecule is NCC#Cc1cc(F)ccc1NC(=O)CC1CCCO1. The maximum Gasteiger partial charge on any atom is 0.227 e. The third kappa shape index (κ3) is 4.05. The molecule has 1 fully saturated rings. The Kier molecular flexibility index (Phi) is 5.10. The number of carbonyl (C=O) groups excluding carboxylic acids is 1. The third-order valence-corrected chi connectivity index (χ3v) is 3.02. The molecule has 5 heteroatoms. The zero-order chi connectivity index (χ0) is 14.4. The Hall–Kier alpha value is -1.90. The minimum Gasteiger partial charge on any atom is -0.378 e. The van der Waals surface area contributed by atoms with Crippen molar-refractivity contribution in [2.24, 2.45) is 5.73 Å². The molecule has 106 valence electrons. The van der Waals surface area contributed by atoms with Gasteiger partial charge in [0, 0.05) is 6.61 Å². The average molecular weight is 276 g/mol. The molecule has 1 unspecified atom stereocenters. The number of hydrogen-bond donors (Lipinski definition) is 2. The van der Waals surface area contributed by atoms with E-state index in [1.54, 1.807) is 0 Å². The van der Waals surface area contributed by atoms with Gasteiger partial charge in [-0.15, -0.1) is 0 Å². The summed E-state index contributed by atoms with van der Waals surface area (Å²) in [4.78, 5) is 11.9. The molecule has 1 amide bonds. The van der Waals surface area contributed by atoms with Gasteiger partial charge in [0.2, 0.25) is 5.91 Å². The van der Waals surface area contributed by atoms with Crippen LogP contribution in [0.4, 0.5) is 10.1 Å². The van der Waals surface area contributed by atoms with Crippen LogP contribution in [-0.2, 0) is 9.53 Å². The smallest absolute Gasteiger partial charge is 0.227 e. The molecule has 1 aromatic carbocycles. The molecule has 1 heterocycles. The van der Waals surface area contributed by atoms with E-state index in [1.165, 1.54) is 18.2 Å². The fourth-order valence-corrected chi connectivity index (χ4v) is 2.09. The first-order chi connectivity index (χ1) is 9.69. The quantitative estimate of drug-likeness (QED) is 0.825. The summed E-state index contributed by atoms with van der Waals surface area (Å²) in [7, 11) is 0. The summed E-state index contributed by atoms with van der Waals surface area (Å²) in [5.74, 6) is 4.85. The molecule has 0 aromatic heterocycles. The molecule has 0 aliphatic carbocycles. The van der Waals surface area contributed by atoms with Crippen molar-refractivity contribution in [2.45, 2.75) is 25.4 Å². The van der Waals surface area contributed by atoms with Crippen LogP contribution in [0.3, 0.4) is 0 Å². The first-order valence-electron chi connectivity index (χ1n) is 6.59. The lowest BCUT2D eigenvalue weighted by Crippen LogP contribution is -2.19. The number of benzene rings is 1. The van der Waals surface area contributed by atoms with Crippen molar-refractivity contribution in [3.63, 3.8) is 0 Å². The molecule has 0 radical (unpaired) electrons. The topological polar surface area (TPSA) is 64.3 Å². The Morgan fingerprint density at radius 1 is 1.55 bits per heavy atom. The van der Waals surface area contributed by atoms with Crippen LogP contribution >= 0.6 is 0 Å². The number of halogens is 1. The van der Waals surface area contributed by atoms with Crippen molar-refractivity contribution >= 4 is 11.6 Å². The van der Waals surface area contributed by atoms with Crippen molar-refractivity contribution in [3.05, 3.63) is 29.6 Å². The monoisotopic (exact) mass is 276 g/mol. The molecule has 1 atom stereocenters. The van der Waals surface area contributed by atoms with E-state index < -0.39 is 5.82 Å². The summed E-state index contributed by atoms with van der Waals surface area (Å²) < 4.78 is 18.6. The zero-order valence-corrected chi connectivity index (χ0v) is 11.1. The highest BCUT2D eigenvalue weighted by Gasteiger charge is 2.19. The Bertz CT molecular complexity index is 543. The standard InChI is InChI=1S/C15H17FN2O2/c16-12-5-6-14(11(9-12)3-1-7-17)18-15(19)10-13-4-2-8-20-13/h5-6,9,13H,2,4,7-8,10,17H2,(H,18,19). The normalized spacial score (nSPS) is 17.4. The molecule has 1 aliphatic heterocycles. The first kappa shape index (κ1) is 14.5. The number of nitrogens with two attached hydrogens (primary N) is 1. The van der Waals surface area contributed by atoms with Gasteiger partial charge in [-0.05, 0) is 31.0 Å². The zero-order valence-electron chi connectivity index (χ0n) is 11.1. The minimum atomic E-state index is -0.400. The number of anilines is 1. The average Bonchev–Trinajstić information content (AvgIpc) is 2.91. The molecule has 4 nitrogen and oxygen atoms in total. The predicted octanol–water partition coefficient (Wildman–Crippen LogP) is 1.64. The summed E-state index contributed by atoms with van der Waals surface area (Å²) in [6.07, 6.45) is 2.17. The van der Waals surface area contributed by atoms with Crippen molar-refractivity contribution in [2.75, 3.05) is 18.5 Å². The summed E-state index contributed by atoms with van der Waals surface area (Å²) in [6.45, 7) is 0.890. The Balaban J connectivity index is 2.05. The lowest BCUT2D eigenvalue weighted by molar-refractivity contribution is -0.118. The molecule has 0 spiro atoms. The molecular formula is C15H17FN2O2. The second kappa shape index (κ2) is 7.04. The van der Waals surface area contributed by atoms with Crippen molar-refractivity contribution < 1.29 is 13.9 Å². The largest absolute Gasteiger partial charge is 0.378 e. The minimum absolute atomic E-state index is 0.0194. The van der Waals surface area contributed by atoms with E-state index in [0.717, 1.165) is 12.8 Å². The number of hydrogen-bond acceptors (Lipinski definition) is 3. The molecule has 2 rings (SSSR count). The van der Waals surface area contributed by atoms with Gasteiger partial charge >= 0.3 is 0 Å². The number of rotatable bonds is 3. The molecule has 1 saturated heterocycles. The molecule has 0 bridgehead atoms. The van der Waals surface area contributed by atoms with Crippen LogP contribution in [0.5, 0.6) is 0 Å². The number of nitrogens with one attached hydrogen (secondary N) is 1. The summed E-state index contributed by atoms with van der Waals surface area (Å²) in [5.41, 5.74) is 6.23. The molecule has 3 N–H and O–H groups in total. The molecule has 0 saturated carbocycles. The second-order valence-electron chi connectivity index (χ2n) is 4.58. The van der Waals surface area contributed by atoms with Gasteiger partial charge < -0.3 is 15.8 Å². The van der Waals surface area contributed by atoms with Crippen LogP contribution < -0.4 is 11.1 Å². The Labute approximate surface area is 117 Å². The fraction of sp³-hybridized carbons (Fsp3) is 0.400. The van der Waals surface area contributed by atoms with Crippen LogP contribution in [0.25, 0.3) is 0 Å². The molecular weight excluding hydrogens is 259 g/mol. The van der Waals surface area contributed by atoms with E-state index in [9.17, 15) is 9.18 Å². The maximum atomic E-state index is 13.2. The highest BCUT2D eigenvalue weighted by atomic mass is 19.1. The van der Waals surface area contributed by atoms with Gasteiger partial charge in [-0.2, -0.15) is 0 Å². The molecule has 1 aromatic rings. The van der Waals surface area contributed by atoms with E-state index >= 15 is 0 Å². The third-order valence-electron chi connectivity index (χ3n) is 3.02. The van der Waals surface area contributed by atoms with Crippen LogP contribution in [0.15, 0.2) is 18.2 Å².